The number of hydrogen-bond donors (Lipinski definition) is 1. The van der Waals surface area contributed by atoms with Crippen LogP contribution in [0, 0.1) is 0 Å². The van der Waals surface area contributed by atoms with Crippen LogP contribution < -0.4 is 0 Å². The summed E-state index contributed by atoms with van der Waals surface area (Å²) in [4.78, 5) is 10.4. The fraction of sp³-hybridized carbons (Fsp3) is 0.333. The maximum Gasteiger partial charge on any atom is 0.340 e. The smallest absolute Gasteiger partial charge is 0.340 e. The van der Waals surface area contributed by atoms with Gasteiger partial charge in [-0.05, 0) is 6.92 Å². The minimum Gasteiger partial charge on any atom is -0.478 e. The molecular formula is C6H7ClN2O2. The minimum absolute atomic E-state index is 0.0496. The lowest BCUT2D eigenvalue weighted by atomic mass is 10.4. The van der Waals surface area contributed by atoms with E-state index in [4.69, 9.17) is 16.7 Å². The first-order chi connectivity index (χ1) is 5.16. The van der Waals surface area contributed by atoms with E-state index in [1.165, 1.54) is 10.9 Å². The van der Waals surface area contributed by atoms with Crippen molar-refractivity contribution < 1.29 is 9.90 Å². The van der Waals surface area contributed by atoms with Gasteiger partial charge in [-0.25, -0.2) is 4.79 Å². The summed E-state index contributed by atoms with van der Waals surface area (Å²) in [5.74, 6) is -1.05. The molecule has 0 aliphatic carbocycles. The molecule has 0 unspecified atom stereocenters. The first kappa shape index (κ1) is 8.07. The molecule has 11 heavy (non-hydrogen) atoms. The monoisotopic (exact) mass is 174 g/mol. The Morgan fingerprint density at radius 2 is 2.55 bits per heavy atom. The van der Waals surface area contributed by atoms with Gasteiger partial charge in [0.2, 0.25) is 0 Å². The molecule has 1 heterocycles. The Hall–Kier alpha value is -1.03. The number of hydrogen-bond acceptors (Lipinski definition) is 2. The number of carboxylic acids is 1. The van der Waals surface area contributed by atoms with Gasteiger partial charge in [-0.3, -0.25) is 4.68 Å². The van der Waals surface area contributed by atoms with Crippen molar-refractivity contribution in [3.63, 3.8) is 0 Å². The molecule has 0 saturated heterocycles. The molecule has 0 atom stereocenters. The predicted molar refractivity (Wildman–Crippen MR) is 39.9 cm³/mol. The molecule has 5 heteroatoms. The number of carbonyl (C=O) groups is 1. The van der Waals surface area contributed by atoms with E-state index in [-0.39, 0.29) is 10.7 Å². The Morgan fingerprint density at radius 1 is 1.91 bits per heavy atom. The van der Waals surface area contributed by atoms with E-state index >= 15 is 0 Å². The standard InChI is InChI=1S/C6H7ClN2O2/c1-2-9-5(7)4(3-8-9)6(10)11/h3H,2H2,1H3,(H,10,11). The number of aromatic carboxylic acids is 1. The number of rotatable bonds is 2. The van der Waals surface area contributed by atoms with Crippen LogP contribution in [-0.4, -0.2) is 20.9 Å². The van der Waals surface area contributed by atoms with E-state index in [0.29, 0.717) is 6.54 Å². The van der Waals surface area contributed by atoms with Crippen molar-refractivity contribution >= 4 is 17.6 Å². The van der Waals surface area contributed by atoms with E-state index in [1.54, 1.807) is 0 Å². The number of nitrogens with zero attached hydrogens (tertiary/aromatic N) is 2. The second kappa shape index (κ2) is 2.92. The van der Waals surface area contributed by atoms with E-state index in [0.717, 1.165) is 0 Å². The molecule has 0 aromatic carbocycles. The van der Waals surface area contributed by atoms with Gasteiger partial charge < -0.3 is 5.11 Å². The molecule has 0 aliphatic heterocycles. The highest BCUT2D eigenvalue weighted by molar-refractivity contribution is 6.32. The first-order valence-corrected chi connectivity index (χ1v) is 3.49. The highest BCUT2D eigenvalue weighted by atomic mass is 35.5. The average Bonchev–Trinajstić information content (AvgIpc) is 2.30. The van der Waals surface area contributed by atoms with Crippen molar-refractivity contribution in [2.75, 3.05) is 0 Å². The third-order valence-corrected chi connectivity index (χ3v) is 1.70. The summed E-state index contributed by atoms with van der Waals surface area (Å²) in [6, 6.07) is 0. The molecule has 1 aromatic heterocycles. The van der Waals surface area contributed by atoms with E-state index in [1.807, 2.05) is 6.92 Å². The van der Waals surface area contributed by atoms with Crippen molar-refractivity contribution in [2.45, 2.75) is 13.5 Å². The lowest BCUT2D eigenvalue weighted by Crippen LogP contribution is -1.98. The number of aromatic nitrogens is 2. The van der Waals surface area contributed by atoms with Crippen LogP contribution >= 0.6 is 11.6 Å². The topological polar surface area (TPSA) is 55.1 Å². The molecule has 60 valence electrons. The average molecular weight is 175 g/mol. The van der Waals surface area contributed by atoms with Crippen molar-refractivity contribution in [3.05, 3.63) is 16.9 Å². The fourth-order valence-electron chi connectivity index (χ4n) is 0.734. The molecular weight excluding hydrogens is 168 g/mol. The largest absolute Gasteiger partial charge is 0.478 e. The summed E-state index contributed by atoms with van der Waals surface area (Å²) in [5.41, 5.74) is 0.0496. The molecule has 0 aliphatic rings. The molecule has 0 fully saturated rings. The zero-order valence-corrected chi connectivity index (χ0v) is 6.67. The number of aryl methyl sites for hydroxylation is 1. The molecule has 1 N–H and O–H groups in total. The predicted octanol–water partition coefficient (Wildman–Crippen LogP) is 1.25. The minimum atomic E-state index is -1.05. The van der Waals surface area contributed by atoms with Gasteiger partial charge in [0, 0.05) is 6.54 Å². The van der Waals surface area contributed by atoms with Crippen LogP contribution in [0.4, 0.5) is 0 Å². The van der Waals surface area contributed by atoms with E-state index < -0.39 is 5.97 Å². The zero-order chi connectivity index (χ0) is 8.43. The molecule has 0 saturated carbocycles. The summed E-state index contributed by atoms with van der Waals surface area (Å²) in [5, 5.41) is 12.5. The van der Waals surface area contributed by atoms with Crippen LogP contribution in [0.1, 0.15) is 17.3 Å². The van der Waals surface area contributed by atoms with Crippen LogP contribution in [0.25, 0.3) is 0 Å². The Kier molecular flexibility index (Phi) is 2.14. The van der Waals surface area contributed by atoms with Gasteiger partial charge in [0.15, 0.2) is 0 Å². The molecule has 0 amide bonds. The van der Waals surface area contributed by atoms with Crippen LogP contribution in [0.3, 0.4) is 0 Å². The van der Waals surface area contributed by atoms with E-state index in [9.17, 15) is 4.79 Å². The Morgan fingerprint density at radius 3 is 2.82 bits per heavy atom. The molecule has 0 radical (unpaired) electrons. The van der Waals surface area contributed by atoms with Crippen molar-refractivity contribution in [1.82, 2.24) is 9.78 Å². The summed E-state index contributed by atoms with van der Waals surface area (Å²) in [7, 11) is 0. The van der Waals surface area contributed by atoms with Gasteiger partial charge in [0.1, 0.15) is 10.7 Å². The molecule has 1 aromatic rings. The third-order valence-electron chi connectivity index (χ3n) is 1.31. The molecule has 0 bridgehead atoms. The zero-order valence-electron chi connectivity index (χ0n) is 5.91. The summed E-state index contributed by atoms with van der Waals surface area (Å²) < 4.78 is 1.42. The quantitative estimate of drug-likeness (QED) is 0.734. The van der Waals surface area contributed by atoms with Gasteiger partial charge in [-0.15, -0.1) is 0 Å². The van der Waals surface area contributed by atoms with Gasteiger partial charge in [-0.2, -0.15) is 5.10 Å². The van der Waals surface area contributed by atoms with Crippen LogP contribution in [0.15, 0.2) is 6.20 Å². The fourth-order valence-corrected chi connectivity index (χ4v) is 1.03. The Balaban J connectivity index is 3.10. The summed E-state index contributed by atoms with van der Waals surface area (Å²) in [6.07, 6.45) is 1.24. The van der Waals surface area contributed by atoms with Crippen LogP contribution in [0.5, 0.6) is 0 Å². The number of halogens is 1. The Bertz CT molecular complexity index is 282. The lowest BCUT2D eigenvalue weighted by Gasteiger charge is -1.95. The van der Waals surface area contributed by atoms with Crippen molar-refractivity contribution in [2.24, 2.45) is 0 Å². The second-order valence-electron chi connectivity index (χ2n) is 1.97. The second-order valence-corrected chi connectivity index (χ2v) is 2.33. The van der Waals surface area contributed by atoms with E-state index in [2.05, 4.69) is 5.10 Å². The first-order valence-electron chi connectivity index (χ1n) is 3.11. The summed E-state index contributed by atoms with van der Waals surface area (Å²) in [6.45, 7) is 2.41. The highest BCUT2D eigenvalue weighted by Gasteiger charge is 2.12. The number of carboxylic acid groups (broad SMARTS) is 1. The van der Waals surface area contributed by atoms with Crippen molar-refractivity contribution in [3.8, 4) is 0 Å². The van der Waals surface area contributed by atoms with Gasteiger partial charge in [0.05, 0.1) is 6.20 Å². The third kappa shape index (κ3) is 1.35. The lowest BCUT2D eigenvalue weighted by molar-refractivity contribution is 0.0697. The molecule has 1 rings (SSSR count). The van der Waals surface area contributed by atoms with Gasteiger partial charge in [-0.1, -0.05) is 11.6 Å². The summed E-state index contributed by atoms with van der Waals surface area (Å²) >= 11 is 5.64. The SMILES string of the molecule is CCn1ncc(C(=O)O)c1Cl. The molecule has 0 spiro atoms. The van der Waals surface area contributed by atoms with Crippen molar-refractivity contribution in [1.29, 1.82) is 0 Å². The normalized spacial score (nSPS) is 10.0. The molecule has 4 nitrogen and oxygen atoms in total. The maximum absolute atomic E-state index is 10.4. The van der Waals surface area contributed by atoms with Gasteiger partial charge in [0.25, 0.3) is 0 Å². The highest BCUT2D eigenvalue weighted by Crippen LogP contribution is 2.14. The Labute approximate surface area is 68.4 Å². The van der Waals surface area contributed by atoms with Crippen LogP contribution in [-0.2, 0) is 6.54 Å². The van der Waals surface area contributed by atoms with Crippen LogP contribution in [0.2, 0.25) is 5.15 Å². The van der Waals surface area contributed by atoms with Gasteiger partial charge >= 0.3 is 5.97 Å². The maximum atomic E-state index is 10.4.